The lowest BCUT2D eigenvalue weighted by molar-refractivity contribution is 0.229. The third-order valence-corrected chi connectivity index (χ3v) is 7.67. The van der Waals surface area contributed by atoms with Gasteiger partial charge in [0.15, 0.2) is 0 Å². The maximum Gasteiger partial charge on any atom is 0.277 e. The SMILES string of the molecule is CC(C)(C)Cc1nccc2c1ccn1c3c(c(=O)nc21)C1(C)CCC3C1(C)C. The second-order valence-electron chi connectivity index (χ2n) is 10.8. The first kappa shape index (κ1) is 17.8. The summed E-state index contributed by atoms with van der Waals surface area (Å²) in [6.07, 6.45) is 7.10. The first-order valence-electron chi connectivity index (χ1n) is 10.4. The fourth-order valence-electron chi connectivity index (χ4n) is 5.87. The molecule has 4 heteroatoms. The molecule has 3 heterocycles. The van der Waals surface area contributed by atoms with Crippen LogP contribution in [-0.2, 0) is 11.8 Å². The Kier molecular flexibility index (Phi) is 3.33. The summed E-state index contributed by atoms with van der Waals surface area (Å²) < 4.78 is 2.21. The Morgan fingerprint density at radius 1 is 1.18 bits per heavy atom. The number of hydrogen-bond acceptors (Lipinski definition) is 3. The Balaban J connectivity index is 1.85. The van der Waals surface area contributed by atoms with Crippen LogP contribution in [-0.4, -0.2) is 14.4 Å². The zero-order valence-electron chi connectivity index (χ0n) is 17.8. The van der Waals surface area contributed by atoms with Gasteiger partial charge >= 0.3 is 0 Å². The summed E-state index contributed by atoms with van der Waals surface area (Å²) in [5.74, 6) is 0.407. The smallest absolute Gasteiger partial charge is 0.277 e. The highest BCUT2D eigenvalue weighted by Gasteiger charge is 2.61. The normalized spacial score (nSPS) is 25.6. The molecule has 2 aliphatic carbocycles. The predicted molar refractivity (Wildman–Crippen MR) is 113 cm³/mol. The van der Waals surface area contributed by atoms with Gasteiger partial charge in [-0.1, -0.05) is 41.5 Å². The molecule has 0 aliphatic heterocycles. The summed E-state index contributed by atoms with van der Waals surface area (Å²) in [6.45, 7) is 13.6. The minimum atomic E-state index is -0.0805. The van der Waals surface area contributed by atoms with E-state index in [1.807, 2.05) is 12.3 Å². The van der Waals surface area contributed by atoms with Crippen LogP contribution < -0.4 is 5.56 Å². The number of nitrogens with zero attached hydrogens (tertiary/aromatic N) is 3. The quantitative estimate of drug-likeness (QED) is 0.562. The monoisotopic (exact) mass is 375 g/mol. The van der Waals surface area contributed by atoms with E-state index in [0.29, 0.717) is 5.92 Å². The lowest BCUT2D eigenvalue weighted by Gasteiger charge is -2.34. The number of pyridine rings is 2. The fraction of sp³-hybridized carbons (Fsp3) is 0.542. The van der Waals surface area contributed by atoms with Crippen molar-refractivity contribution in [3.05, 3.63) is 51.8 Å². The standard InChI is InChI=1S/C24H29N3O/c1-22(2,3)13-17-14-9-12-27-19-16-7-10-24(6,23(16,4)5)18(19)21(28)26-20(27)15(14)8-11-25-17/h8-9,11-12,16H,7,10,13H2,1-6H3. The third-order valence-electron chi connectivity index (χ3n) is 7.67. The van der Waals surface area contributed by atoms with Gasteiger partial charge in [0.1, 0.15) is 5.65 Å². The van der Waals surface area contributed by atoms with Crippen LogP contribution in [0.2, 0.25) is 0 Å². The zero-order valence-corrected chi connectivity index (χ0v) is 17.8. The number of hydrogen-bond donors (Lipinski definition) is 0. The van der Waals surface area contributed by atoms with Gasteiger partial charge in [0.05, 0.1) is 0 Å². The maximum atomic E-state index is 13.2. The molecular weight excluding hydrogens is 346 g/mol. The van der Waals surface area contributed by atoms with Crippen molar-refractivity contribution >= 4 is 16.4 Å². The maximum absolute atomic E-state index is 13.2. The molecule has 0 saturated heterocycles. The molecule has 3 aromatic rings. The Morgan fingerprint density at radius 3 is 2.64 bits per heavy atom. The Bertz CT molecular complexity index is 1200. The molecule has 5 rings (SSSR count). The molecule has 2 unspecified atom stereocenters. The van der Waals surface area contributed by atoms with Gasteiger partial charge in [0, 0.05) is 51.5 Å². The first-order valence-corrected chi connectivity index (χ1v) is 10.4. The van der Waals surface area contributed by atoms with Crippen molar-refractivity contribution in [1.29, 1.82) is 0 Å². The molecule has 0 aromatic carbocycles. The van der Waals surface area contributed by atoms with Crippen LogP contribution in [0.3, 0.4) is 0 Å². The highest BCUT2D eigenvalue weighted by molar-refractivity contribution is 5.95. The Hall–Kier alpha value is -2.23. The molecule has 2 aliphatic rings. The molecule has 4 nitrogen and oxygen atoms in total. The van der Waals surface area contributed by atoms with E-state index in [9.17, 15) is 4.79 Å². The molecule has 3 aromatic heterocycles. The van der Waals surface area contributed by atoms with E-state index >= 15 is 0 Å². The van der Waals surface area contributed by atoms with Gasteiger partial charge in [0.25, 0.3) is 5.56 Å². The second kappa shape index (κ2) is 5.22. The first-order chi connectivity index (χ1) is 13.0. The average molecular weight is 376 g/mol. The summed E-state index contributed by atoms with van der Waals surface area (Å²) in [4.78, 5) is 22.5. The minimum absolute atomic E-state index is 0.0329. The number of fused-ring (bicyclic) bond motifs is 9. The number of rotatable bonds is 1. The largest absolute Gasteiger partial charge is 0.304 e. The van der Waals surface area contributed by atoms with Crippen molar-refractivity contribution in [3.63, 3.8) is 0 Å². The van der Waals surface area contributed by atoms with Gasteiger partial charge < -0.3 is 4.40 Å². The Labute approximate surface area is 166 Å². The zero-order chi connectivity index (χ0) is 20.1. The highest BCUT2D eigenvalue weighted by atomic mass is 16.1. The molecule has 2 bridgehead atoms. The van der Waals surface area contributed by atoms with Gasteiger partial charge in [0.2, 0.25) is 0 Å². The molecule has 0 radical (unpaired) electrons. The van der Waals surface area contributed by atoms with Gasteiger partial charge in [-0.3, -0.25) is 9.78 Å². The fourth-order valence-corrected chi connectivity index (χ4v) is 5.87. The molecule has 2 atom stereocenters. The summed E-state index contributed by atoms with van der Waals surface area (Å²) in [5.41, 5.74) is 4.14. The molecular formula is C24H29N3O. The van der Waals surface area contributed by atoms with Gasteiger partial charge in [-0.15, -0.1) is 0 Å². The lowest BCUT2D eigenvalue weighted by Crippen LogP contribution is -2.36. The molecule has 1 fully saturated rings. The molecule has 28 heavy (non-hydrogen) atoms. The summed E-state index contributed by atoms with van der Waals surface area (Å²) in [7, 11) is 0. The van der Waals surface area contributed by atoms with E-state index in [-0.39, 0.29) is 21.8 Å². The predicted octanol–water partition coefficient (Wildman–Crippen LogP) is 5.01. The van der Waals surface area contributed by atoms with Crippen molar-refractivity contribution < 1.29 is 0 Å². The number of aromatic nitrogens is 3. The van der Waals surface area contributed by atoms with Crippen molar-refractivity contribution in [3.8, 4) is 0 Å². The van der Waals surface area contributed by atoms with E-state index in [0.717, 1.165) is 46.9 Å². The van der Waals surface area contributed by atoms with Crippen molar-refractivity contribution in [2.24, 2.45) is 10.8 Å². The van der Waals surface area contributed by atoms with Crippen molar-refractivity contribution in [2.45, 2.75) is 72.1 Å². The molecule has 0 spiro atoms. The van der Waals surface area contributed by atoms with Crippen LogP contribution in [0, 0.1) is 10.8 Å². The van der Waals surface area contributed by atoms with Crippen LogP contribution in [0.25, 0.3) is 16.4 Å². The van der Waals surface area contributed by atoms with Gasteiger partial charge in [-0.2, -0.15) is 4.98 Å². The van der Waals surface area contributed by atoms with Crippen LogP contribution in [0.1, 0.15) is 77.3 Å². The third kappa shape index (κ3) is 2.09. The Morgan fingerprint density at radius 2 is 1.93 bits per heavy atom. The summed E-state index contributed by atoms with van der Waals surface area (Å²) in [5, 5.41) is 2.14. The van der Waals surface area contributed by atoms with Crippen molar-refractivity contribution in [2.75, 3.05) is 0 Å². The molecule has 146 valence electrons. The van der Waals surface area contributed by atoms with Crippen LogP contribution in [0.4, 0.5) is 0 Å². The second-order valence-corrected chi connectivity index (χ2v) is 10.8. The molecule has 0 amide bonds. The van der Waals surface area contributed by atoms with Crippen molar-refractivity contribution in [1.82, 2.24) is 14.4 Å². The average Bonchev–Trinajstić information content (AvgIpc) is 2.93. The van der Waals surface area contributed by atoms with Crippen LogP contribution in [0.5, 0.6) is 0 Å². The molecule has 0 N–H and O–H groups in total. The topological polar surface area (TPSA) is 47.3 Å². The van der Waals surface area contributed by atoms with E-state index in [1.165, 1.54) is 5.69 Å². The molecule has 1 saturated carbocycles. The summed E-state index contributed by atoms with van der Waals surface area (Å²) in [6, 6.07) is 4.18. The highest BCUT2D eigenvalue weighted by Crippen LogP contribution is 2.66. The van der Waals surface area contributed by atoms with Crippen LogP contribution >= 0.6 is 0 Å². The van der Waals surface area contributed by atoms with Gasteiger partial charge in [-0.05, 0) is 42.2 Å². The minimum Gasteiger partial charge on any atom is -0.304 e. The van der Waals surface area contributed by atoms with E-state index in [1.54, 1.807) is 0 Å². The van der Waals surface area contributed by atoms with E-state index in [2.05, 4.69) is 68.2 Å². The summed E-state index contributed by atoms with van der Waals surface area (Å²) >= 11 is 0. The lowest BCUT2D eigenvalue weighted by atomic mass is 9.69. The van der Waals surface area contributed by atoms with E-state index in [4.69, 9.17) is 0 Å². The van der Waals surface area contributed by atoms with Gasteiger partial charge in [-0.25, -0.2) is 0 Å². The van der Waals surface area contributed by atoms with E-state index < -0.39 is 0 Å². The van der Waals surface area contributed by atoms with Crippen LogP contribution in [0.15, 0.2) is 29.3 Å².